The summed E-state index contributed by atoms with van der Waals surface area (Å²) >= 11 is 0. The fraction of sp³-hybridized carbons (Fsp3) is 0.400. The Hall–Kier alpha value is -2.57. The number of tetrazole rings is 1. The minimum atomic E-state index is -0.183. The summed E-state index contributed by atoms with van der Waals surface area (Å²) in [5.74, 6) is 0.877. The summed E-state index contributed by atoms with van der Waals surface area (Å²) in [4.78, 5) is 18.4. The lowest BCUT2D eigenvalue weighted by molar-refractivity contribution is 0.442. The lowest BCUT2D eigenvalue weighted by atomic mass is 10.1. The van der Waals surface area contributed by atoms with Gasteiger partial charge in [0.1, 0.15) is 11.2 Å². The minimum Gasteiger partial charge on any atom is -0.268 e. The van der Waals surface area contributed by atoms with Crippen LogP contribution in [0.15, 0.2) is 29.3 Å². The molecule has 7 heteroatoms. The van der Waals surface area contributed by atoms with Crippen molar-refractivity contribution in [3.05, 3.63) is 40.4 Å². The molecule has 7 nitrogen and oxygen atoms in total. The monoisotopic (exact) mass is 298 g/mol. The Morgan fingerprint density at radius 3 is 2.91 bits per heavy atom. The maximum atomic E-state index is 12.6. The van der Waals surface area contributed by atoms with Crippen molar-refractivity contribution in [3.63, 3.8) is 0 Å². The van der Waals surface area contributed by atoms with Crippen LogP contribution in [-0.2, 0) is 6.54 Å². The maximum Gasteiger partial charge on any atom is 0.269 e. The second-order valence-electron chi connectivity index (χ2n) is 5.75. The molecule has 3 aromatic rings. The average Bonchev–Trinajstić information content (AvgIpc) is 2.95. The molecule has 114 valence electrons. The van der Waals surface area contributed by atoms with Crippen molar-refractivity contribution < 1.29 is 0 Å². The van der Waals surface area contributed by atoms with Crippen LogP contribution in [0.3, 0.4) is 0 Å². The van der Waals surface area contributed by atoms with E-state index in [-0.39, 0.29) is 5.56 Å². The number of pyridine rings is 1. The summed E-state index contributed by atoms with van der Waals surface area (Å²) in [6.45, 7) is 6.88. The van der Waals surface area contributed by atoms with Gasteiger partial charge in [-0.25, -0.2) is 4.98 Å². The van der Waals surface area contributed by atoms with Gasteiger partial charge in [0, 0.05) is 12.4 Å². The third-order valence-electron chi connectivity index (χ3n) is 3.53. The van der Waals surface area contributed by atoms with E-state index in [2.05, 4.69) is 34.2 Å². The number of fused-ring (bicyclic) bond motifs is 1. The van der Waals surface area contributed by atoms with E-state index in [1.165, 1.54) is 15.4 Å². The van der Waals surface area contributed by atoms with Gasteiger partial charge in [0.25, 0.3) is 5.56 Å². The highest BCUT2D eigenvalue weighted by molar-refractivity contribution is 5.56. The quantitative estimate of drug-likeness (QED) is 0.732. The molecule has 0 saturated carbocycles. The highest BCUT2D eigenvalue weighted by atomic mass is 16.1. The summed E-state index contributed by atoms with van der Waals surface area (Å²) in [5.41, 5.74) is 1.76. The molecule has 0 aliphatic heterocycles. The molecule has 3 rings (SSSR count). The van der Waals surface area contributed by atoms with Gasteiger partial charge in [-0.1, -0.05) is 19.9 Å². The van der Waals surface area contributed by atoms with Gasteiger partial charge in [0.05, 0.1) is 6.54 Å². The zero-order chi connectivity index (χ0) is 15.7. The number of hydrogen-bond donors (Lipinski definition) is 0. The van der Waals surface area contributed by atoms with E-state index < -0.39 is 0 Å². The number of hydrogen-bond acceptors (Lipinski definition) is 5. The van der Waals surface area contributed by atoms with Crippen LogP contribution in [0.25, 0.3) is 17.0 Å². The van der Waals surface area contributed by atoms with Crippen LogP contribution in [0.5, 0.6) is 0 Å². The van der Waals surface area contributed by atoms with Crippen molar-refractivity contribution in [2.24, 2.45) is 5.92 Å². The van der Waals surface area contributed by atoms with Crippen molar-refractivity contribution >= 4 is 5.65 Å². The van der Waals surface area contributed by atoms with Gasteiger partial charge in [-0.05, 0) is 36.1 Å². The van der Waals surface area contributed by atoms with E-state index in [1.807, 2.05) is 19.1 Å². The summed E-state index contributed by atoms with van der Waals surface area (Å²) in [6, 6.07) is 3.74. The largest absolute Gasteiger partial charge is 0.269 e. The topological polar surface area (TPSA) is 78.0 Å². The highest BCUT2D eigenvalue weighted by Gasteiger charge is 2.13. The summed E-state index contributed by atoms with van der Waals surface area (Å²) < 4.78 is 1.51. The van der Waals surface area contributed by atoms with E-state index in [0.29, 0.717) is 29.5 Å². The zero-order valence-electron chi connectivity index (χ0n) is 12.9. The van der Waals surface area contributed by atoms with Crippen molar-refractivity contribution in [1.82, 2.24) is 29.6 Å². The van der Waals surface area contributed by atoms with Gasteiger partial charge in [-0.15, -0.1) is 10.2 Å². The van der Waals surface area contributed by atoms with Crippen LogP contribution in [-0.4, -0.2) is 29.6 Å². The first-order chi connectivity index (χ1) is 10.6. The Labute approximate surface area is 127 Å². The second-order valence-corrected chi connectivity index (χ2v) is 5.75. The van der Waals surface area contributed by atoms with Crippen LogP contribution >= 0.6 is 0 Å². The number of nitrogens with zero attached hydrogens (tertiary/aromatic N) is 6. The first-order valence-corrected chi connectivity index (χ1v) is 7.31. The molecule has 0 spiro atoms. The third kappa shape index (κ3) is 2.61. The first kappa shape index (κ1) is 14.4. The smallest absolute Gasteiger partial charge is 0.268 e. The summed E-state index contributed by atoms with van der Waals surface area (Å²) in [5, 5.41) is 12.3. The lowest BCUT2D eigenvalue weighted by Gasteiger charge is -2.03. The molecular weight excluding hydrogens is 280 g/mol. The molecule has 0 N–H and O–H groups in total. The van der Waals surface area contributed by atoms with Crippen molar-refractivity contribution in [2.75, 3.05) is 0 Å². The predicted octanol–water partition coefficient (Wildman–Crippen LogP) is 1.70. The zero-order valence-corrected chi connectivity index (χ0v) is 12.9. The molecule has 0 fully saturated rings. The van der Waals surface area contributed by atoms with Gasteiger partial charge in [-0.3, -0.25) is 9.20 Å². The molecule has 0 radical (unpaired) electrons. The SMILES string of the molecule is Cc1cccn2c(=O)c(-c3nnn(CCC(C)C)n3)cnc12. The predicted molar refractivity (Wildman–Crippen MR) is 82.5 cm³/mol. The number of aryl methyl sites for hydroxylation is 2. The highest BCUT2D eigenvalue weighted by Crippen LogP contribution is 2.11. The van der Waals surface area contributed by atoms with Crippen LogP contribution in [0.4, 0.5) is 0 Å². The standard InChI is InChI=1S/C15H18N6O/c1-10(2)6-8-21-18-13(17-19-21)12-9-16-14-11(3)5-4-7-20(14)15(12)22/h4-5,7,9-10H,6,8H2,1-3H3. The van der Waals surface area contributed by atoms with E-state index >= 15 is 0 Å². The second kappa shape index (κ2) is 5.67. The number of aromatic nitrogens is 6. The molecule has 3 aromatic heterocycles. The lowest BCUT2D eigenvalue weighted by Crippen LogP contribution is -2.17. The molecule has 0 unspecified atom stereocenters. The molecule has 22 heavy (non-hydrogen) atoms. The van der Waals surface area contributed by atoms with Crippen molar-refractivity contribution in [3.8, 4) is 11.4 Å². The van der Waals surface area contributed by atoms with Crippen LogP contribution in [0.1, 0.15) is 25.8 Å². The molecule has 0 aliphatic rings. The van der Waals surface area contributed by atoms with Crippen molar-refractivity contribution in [2.45, 2.75) is 33.7 Å². The van der Waals surface area contributed by atoms with Gasteiger partial charge >= 0.3 is 0 Å². The molecule has 0 saturated heterocycles. The molecule has 0 atom stereocenters. The van der Waals surface area contributed by atoms with Crippen LogP contribution in [0.2, 0.25) is 0 Å². The Morgan fingerprint density at radius 1 is 1.32 bits per heavy atom. The molecule has 0 aliphatic carbocycles. The van der Waals surface area contributed by atoms with E-state index in [4.69, 9.17) is 0 Å². The maximum absolute atomic E-state index is 12.6. The van der Waals surface area contributed by atoms with E-state index in [9.17, 15) is 4.79 Å². The Bertz CT molecular complexity index is 864. The van der Waals surface area contributed by atoms with Crippen molar-refractivity contribution in [1.29, 1.82) is 0 Å². The van der Waals surface area contributed by atoms with Crippen LogP contribution in [0, 0.1) is 12.8 Å². The minimum absolute atomic E-state index is 0.183. The first-order valence-electron chi connectivity index (χ1n) is 7.31. The third-order valence-corrected chi connectivity index (χ3v) is 3.53. The van der Waals surface area contributed by atoms with Crippen LogP contribution < -0.4 is 5.56 Å². The van der Waals surface area contributed by atoms with E-state index in [0.717, 1.165) is 12.0 Å². The fourth-order valence-corrected chi connectivity index (χ4v) is 2.22. The normalized spacial score (nSPS) is 11.5. The Morgan fingerprint density at radius 2 is 2.14 bits per heavy atom. The van der Waals surface area contributed by atoms with Gasteiger partial charge < -0.3 is 0 Å². The summed E-state index contributed by atoms with van der Waals surface area (Å²) in [7, 11) is 0. The number of rotatable bonds is 4. The average molecular weight is 298 g/mol. The summed E-state index contributed by atoms with van der Waals surface area (Å²) in [6.07, 6.45) is 4.18. The van der Waals surface area contributed by atoms with Gasteiger partial charge in [0.15, 0.2) is 0 Å². The Kier molecular flexibility index (Phi) is 3.70. The molecule has 0 bridgehead atoms. The molecule has 0 aromatic carbocycles. The molecule has 3 heterocycles. The van der Waals surface area contributed by atoms with E-state index in [1.54, 1.807) is 6.20 Å². The molecular formula is C15H18N6O. The Balaban J connectivity index is 2.00. The van der Waals surface area contributed by atoms with Gasteiger partial charge in [0.2, 0.25) is 5.82 Å². The van der Waals surface area contributed by atoms with Gasteiger partial charge in [-0.2, -0.15) is 4.80 Å². The molecule has 0 amide bonds. The fourth-order valence-electron chi connectivity index (χ4n) is 2.22.